The number of ether oxygens (including phenoxy) is 1. The summed E-state index contributed by atoms with van der Waals surface area (Å²) >= 11 is 0. The molecule has 2 aromatic carbocycles. The van der Waals surface area contributed by atoms with Gasteiger partial charge in [0.2, 0.25) is 0 Å². The summed E-state index contributed by atoms with van der Waals surface area (Å²) in [6, 6.07) is 17.0. The number of nitrogens with zero attached hydrogens (tertiary/aromatic N) is 1. The van der Waals surface area contributed by atoms with Crippen molar-refractivity contribution in [2.24, 2.45) is 17.4 Å². The van der Waals surface area contributed by atoms with Gasteiger partial charge >= 0.3 is 0 Å². The Morgan fingerprint density at radius 3 is 2.37 bits per heavy atom. The average Bonchev–Trinajstić information content (AvgIpc) is 3.11. The number of carbonyl (C=O) groups is 2. The Bertz CT molecular complexity index is 785. The third kappa shape index (κ3) is 4.78. The smallest absolute Gasteiger partial charge is 0.257 e. The molecule has 0 aromatic heterocycles. The summed E-state index contributed by atoms with van der Waals surface area (Å²) in [7, 11) is 0. The van der Waals surface area contributed by atoms with Gasteiger partial charge in [-0.1, -0.05) is 42.5 Å². The number of rotatable bonds is 6. The van der Waals surface area contributed by atoms with E-state index in [0.29, 0.717) is 30.9 Å². The molecule has 4 N–H and O–H groups in total. The molecule has 27 heavy (non-hydrogen) atoms. The fourth-order valence-corrected chi connectivity index (χ4v) is 3.44. The number of likely N-dealkylation sites (tertiary alicyclic amines) is 1. The SMILES string of the molecule is Cl.NC[C@@H]1CN(C(=O)c2ccccc2OCC(N)=O)C[C@H]1c1ccccc1. The Labute approximate surface area is 164 Å². The molecule has 2 atom stereocenters. The predicted molar refractivity (Wildman–Crippen MR) is 106 cm³/mol. The number of para-hydroxylation sites is 1. The first-order chi connectivity index (χ1) is 12.6. The Morgan fingerprint density at radius 2 is 1.70 bits per heavy atom. The van der Waals surface area contributed by atoms with E-state index in [-0.39, 0.29) is 36.8 Å². The van der Waals surface area contributed by atoms with E-state index in [4.69, 9.17) is 16.2 Å². The Kier molecular flexibility index (Phi) is 7.21. The maximum Gasteiger partial charge on any atom is 0.257 e. The van der Waals surface area contributed by atoms with Crippen LogP contribution in [0.5, 0.6) is 5.75 Å². The molecule has 0 unspecified atom stereocenters. The van der Waals surface area contributed by atoms with Crippen LogP contribution in [-0.2, 0) is 4.79 Å². The molecule has 144 valence electrons. The molecule has 0 saturated carbocycles. The van der Waals surface area contributed by atoms with E-state index in [1.54, 1.807) is 24.3 Å². The van der Waals surface area contributed by atoms with Crippen molar-refractivity contribution in [3.63, 3.8) is 0 Å². The fraction of sp³-hybridized carbons (Fsp3) is 0.300. The fourth-order valence-electron chi connectivity index (χ4n) is 3.44. The van der Waals surface area contributed by atoms with Gasteiger partial charge in [-0.25, -0.2) is 0 Å². The first-order valence-corrected chi connectivity index (χ1v) is 8.64. The minimum absolute atomic E-state index is 0. The number of nitrogens with two attached hydrogens (primary N) is 2. The van der Waals surface area contributed by atoms with Crippen molar-refractivity contribution in [1.29, 1.82) is 0 Å². The third-order valence-electron chi connectivity index (χ3n) is 4.75. The molecule has 1 aliphatic heterocycles. The van der Waals surface area contributed by atoms with Crippen molar-refractivity contribution in [3.05, 3.63) is 65.7 Å². The largest absolute Gasteiger partial charge is 0.483 e. The quantitative estimate of drug-likeness (QED) is 0.786. The monoisotopic (exact) mass is 389 g/mol. The van der Waals surface area contributed by atoms with E-state index < -0.39 is 5.91 Å². The lowest BCUT2D eigenvalue weighted by atomic mass is 9.89. The van der Waals surface area contributed by atoms with Gasteiger partial charge < -0.3 is 21.1 Å². The summed E-state index contributed by atoms with van der Waals surface area (Å²) in [4.78, 5) is 25.8. The topological polar surface area (TPSA) is 98.7 Å². The maximum absolute atomic E-state index is 13.0. The number of benzene rings is 2. The lowest BCUT2D eigenvalue weighted by Crippen LogP contribution is -2.30. The molecule has 0 aliphatic carbocycles. The minimum atomic E-state index is -0.583. The van der Waals surface area contributed by atoms with E-state index in [1.807, 2.05) is 23.1 Å². The van der Waals surface area contributed by atoms with E-state index in [9.17, 15) is 9.59 Å². The van der Waals surface area contributed by atoms with Gasteiger partial charge in [0.1, 0.15) is 5.75 Å². The molecule has 6 nitrogen and oxygen atoms in total. The highest BCUT2D eigenvalue weighted by atomic mass is 35.5. The number of primary amides is 1. The van der Waals surface area contributed by atoms with Gasteiger partial charge in [-0.2, -0.15) is 0 Å². The van der Waals surface area contributed by atoms with Gasteiger partial charge in [0.25, 0.3) is 11.8 Å². The highest BCUT2D eigenvalue weighted by molar-refractivity contribution is 5.97. The zero-order chi connectivity index (χ0) is 18.5. The zero-order valence-corrected chi connectivity index (χ0v) is 15.7. The summed E-state index contributed by atoms with van der Waals surface area (Å²) < 4.78 is 5.40. The Hall–Kier alpha value is -2.57. The lowest BCUT2D eigenvalue weighted by molar-refractivity contribution is -0.119. The number of hydrogen-bond acceptors (Lipinski definition) is 4. The van der Waals surface area contributed by atoms with Crippen molar-refractivity contribution in [3.8, 4) is 5.75 Å². The first-order valence-electron chi connectivity index (χ1n) is 8.64. The molecule has 7 heteroatoms. The van der Waals surface area contributed by atoms with Gasteiger partial charge in [-0.3, -0.25) is 9.59 Å². The zero-order valence-electron chi connectivity index (χ0n) is 14.9. The molecule has 1 aliphatic rings. The van der Waals surface area contributed by atoms with Crippen LogP contribution in [0.4, 0.5) is 0 Å². The summed E-state index contributed by atoms with van der Waals surface area (Å²) in [6.07, 6.45) is 0. The van der Waals surface area contributed by atoms with Crippen molar-refractivity contribution in [1.82, 2.24) is 4.90 Å². The highest BCUT2D eigenvalue weighted by Gasteiger charge is 2.36. The van der Waals surface area contributed by atoms with Gasteiger partial charge in [0.05, 0.1) is 5.56 Å². The van der Waals surface area contributed by atoms with Crippen LogP contribution in [0.15, 0.2) is 54.6 Å². The van der Waals surface area contributed by atoms with Gasteiger partial charge in [0.15, 0.2) is 6.61 Å². The van der Waals surface area contributed by atoms with Crippen LogP contribution in [0.1, 0.15) is 21.8 Å². The molecule has 2 amide bonds. The molecule has 1 saturated heterocycles. The molecule has 0 radical (unpaired) electrons. The van der Waals surface area contributed by atoms with Crippen LogP contribution >= 0.6 is 12.4 Å². The van der Waals surface area contributed by atoms with E-state index in [0.717, 1.165) is 0 Å². The minimum Gasteiger partial charge on any atom is -0.483 e. The van der Waals surface area contributed by atoms with Gasteiger partial charge in [-0.05, 0) is 30.2 Å². The predicted octanol–water partition coefficient (Wildman–Crippen LogP) is 1.79. The van der Waals surface area contributed by atoms with Crippen LogP contribution in [0.3, 0.4) is 0 Å². The van der Waals surface area contributed by atoms with Crippen LogP contribution in [0.2, 0.25) is 0 Å². The van der Waals surface area contributed by atoms with E-state index >= 15 is 0 Å². The second-order valence-electron chi connectivity index (χ2n) is 6.47. The van der Waals surface area contributed by atoms with Crippen LogP contribution in [0.25, 0.3) is 0 Å². The highest BCUT2D eigenvalue weighted by Crippen LogP contribution is 2.33. The molecule has 0 bridgehead atoms. The first kappa shape index (κ1) is 20.7. The van der Waals surface area contributed by atoms with E-state index in [1.165, 1.54) is 5.56 Å². The van der Waals surface area contributed by atoms with Gasteiger partial charge in [-0.15, -0.1) is 12.4 Å². The maximum atomic E-state index is 13.0. The number of amides is 2. The molecule has 1 fully saturated rings. The summed E-state index contributed by atoms with van der Waals surface area (Å²) in [5, 5.41) is 0. The molecule has 0 spiro atoms. The van der Waals surface area contributed by atoms with Gasteiger partial charge in [0, 0.05) is 19.0 Å². The second-order valence-corrected chi connectivity index (χ2v) is 6.47. The van der Waals surface area contributed by atoms with Crippen molar-refractivity contribution in [2.75, 3.05) is 26.2 Å². The summed E-state index contributed by atoms with van der Waals surface area (Å²) in [5.74, 6) is 0.0790. The molecule has 2 aromatic rings. The number of carbonyl (C=O) groups excluding carboxylic acids is 2. The number of halogens is 1. The second kappa shape index (κ2) is 9.39. The Morgan fingerprint density at radius 1 is 1.04 bits per heavy atom. The summed E-state index contributed by atoms with van der Waals surface area (Å²) in [5.41, 5.74) is 12.7. The molecule has 1 heterocycles. The van der Waals surface area contributed by atoms with Crippen LogP contribution in [0, 0.1) is 5.92 Å². The van der Waals surface area contributed by atoms with E-state index in [2.05, 4.69) is 12.1 Å². The van der Waals surface area contributed by atoms with Crippen molar-refractivity contribution >= 4 is 24.2 Å². The van der Waals surface area contributed by atoms with Crippen molar-refractivity contribution < 1.29 is 14.3 Å². The molecule has 3 rings (SSSR count). The summed E-state index contributed by atoms with van der Waals surface area (Å²) in [6.45, 7) is 1.46. The lowest BCUT2D eigenvalue weighted by Gasteiger charge is -2.18. The number of hydrogen-bond donors (Lipinski definition) is 2. The standard InChI is InChI=1S/C20H23N3O3.ClH/c21-10-15-11-23(12-17(15)14-6-2-1-3-7-14)20(25)16-8-4-5-9-18(16)26-13-19(22)24;/h1-9,15,17H,10-13,21H2,(H2,22,24);1H/t15-,17+;/m1./s1. The normalized spacial score (nSPS) is 18.6. The molecular weight excluding hydrogens is 366 g/mol. The van der Waals surface area contributed by atoms with Crippen molar-refractivity contribution in [2.45, 2.75) is 5.92 Å². The van der Waals surface area contributed by atoms with Crippen LogP contribution < -0.4 is 16.2 Å². The third-order valence-corrected chi connectivity index (χ3v) is 4.75. The average molecular weight is 390 g/mol. The van der Waals surface area contributed by atoms with Crippen LogP contribution in [-0.4, -0.2) is 43.0 Å². The Balaban J connectivity index is 0.00000261. The molecular formula is C20H24ClN3O3.